The predicted molar refractivity (Wildman–Crippen MR) is 78.7 cm³/mol. The molecule has 0 saturated carbocycles. The zero-order valence-corrected chi connectivity index (χ0v) is 12.8. The topological polar surface area (TPSA) is 46.2 Å². The lowest BCUT2D eigenvalue weighted by atomic mass is 10.3. The maximum Gasteiger partial charge on any atom is 0.263 e. The average molecular weight is 355 g/mol. The molecule has 0 unspecified atom stereocenters. The van der Waals surface area contributed by atoms with Crippen molar-refractivity contribution in [3.63, 3.8) is 0 Å². The van der Waals surface area contributed by atoms with Crippen molar-refractivity contribution in [1.29, 1.82) is 0 Å². The molecule has 0 bridgehead atoms. The summed E-state index contributed by atoms with van der Waals surface area (Å²) in [5, 5.41) is -0.0203. The van der Waals surface area contributed by atoms with E-state index in [2.05, 4.69) is 4.72 Å². The van der Waals surface area contributed by atoms with Crippen LogP contribution in [0.25, 0.3) is 0 Å². The van der Waals surface area contributed by atoms with Crippen LogP contribution in [0.15, 0.2) is 41.3 Å². The number of sulfonamides is 1. The van der Waals surface area contributed by atoms with Gasteiger partial charge in [0.05, 0.1) is 15.7 Å². The van der Waals surface area contributed by atoms with Gasteiger partial charge < -0.3 is 0 Å². The first kappa shape index (κ1) is 15.4. The Balaban J connectivity index is 2.46. The monoisotopic (exact) mass is 353 g/mol. The Morgan fingerprint density at radius 1 is 1.00 bits per heavy atom. The fraction of sp³-hybridized carbons (Fsp3) is 0. The van der Waals surface area contributed by atoms with Crippen LogP contribution in [-0.2, 0) is 10.0 Å². The van der Waals surface area contributed by atoms with Crippen LogP contribution in [0.5, 0.6) is 0 Å². The van der Waals surface area contributed by atoms with Gasteiger partial charge in [-0.15, -0.1) is 0 Å². The molecule has 0 saturated heterocycles. The highest BCUT2D eigenvalue weighted by molar-refractivity contribution is 7.92. The smallest absolute Gasteiger partial charge is 0.263 e. The lowest BCUT2D eigenvalue weighted by Crippen LogP contribution is -2.14. The molecule has 1 N–H and O–H groups in total. The van der Waals surface area contributed by atoms with Gasteiger partial charge in [-0.2, -0.15) is 0 Å². The third-order valence-electron chi connectivity index (χ3n) is 2.38. The minimum Gasteiger partial charge on any atom is -0.277 e. The molecule has 2 aromatic rings. The molecular formula is C12H7Cl3FNO2S. The number of rotatable bonds is 3. The van der Waals surface area contributed by atoms with Crippen molar-refractivity contribution in [3.05, 3.63) is 57.3 Å². The standard InChI is InChI=1S/C12H7Cl3FNO2S/c13-7-4-5-8(14)11(6-7)20(18,19)17-10-3-1-2-9(15)12(10)16/h1-6,17H. The molecule has 20 heavy (non-hydrogen) atoms. The lowest BCUT2D eigenvalue weighted by molar-refractivity contribution is 0.598. The summed E-state index contributed by atoms with van der Waals surface area (Å²) in [6.07, 6.45) is 0. The van der Waals surface area contributed by atoms with E-state index in [0.717, 1.165) is 0 Å². The molecule has 0 aliphatic heterocycles. The number of nitrogens with one attached hydrogen (secondary N) is 1. The van der Waals surface area contributed by atoms with Crippen molar-refractivity contribution in [1.82, 2.24) is 0 Å². The van der Waals surface area contributed by atoms with Gasteiger partial charge in [-0.3, -0.25) is 4.72 Å². The number of halogens is 4. The van der Waals surface area contributed by atoms with Crippen LogP contribution in [0.3, 0.4) is 0 Å². The average Bonchev–Trinajstić information content (AvgIpc) is 2.37. The highest BCUT2D eigenvalue weighted by Gasteiger charge is 2.20. The van der Waals surface area contributed by atoms with Crippen LogP contribution in [0.4, 0.5) is 10.1 Å². The zero-order valence-electron chi connectivity index (χ0n) is 9.70. The second-order valence-electron chi connectivity index (χ2n) is 3.78. The molecule has 2 rings (SSSR count). The summed E-state index contributed by atoms with van der Waals surface area (Å²) in [6.45, 7) is 0. The number of hydrogen-bond acceptors (Lipinski definition) is 2. The molecule has 0 aromatic heterocycles. The fourth-order valence-electron chi connectivity index (χ4n) is 1.47. The summed E-state index contributed by atoms with van der Waals surface area (Å²) in [7, 11) is -4.07. The fourth-order valence-corrected chi connectivity index (χ4v) is 3.46. The van der Waals surface area contributed by atoms with Crippen LogP contribution in [-0.4, -0.2) is 8.42 Å². The Bertz CT molecular complexity index is 765. The Hall–Kier alpha value is -1.01. The molecule has 0 atom stereocenters. The van der Waals surface area contributed by atoms with Crippen molar-refractivity contribution in [3.8, 4) is 0 Å². The Kier molecular flexibility index (Phi) is 4.44. The van der Waals surface area contributed by atoms with Crippen LogP contribution < -0.4 is 4.72 Å². The van der Waals surface area contributed by atoms with Gasteiger partial charge in [0.2, 0.25) is 0 Å². The second kappa shape index (κ2) is 5.77. The first-order valence-electron chi connectivity index (χ1n) is 5.23. The van der Waals surface area contributed by atoms with Gasteiger partial charge in [-0.1, -0.05) is 40.9 Å². The number of benzene rings is 2. The Morgan fingerprint density at radius 3 is 2.40 bits per heavy atom. The first-order chi connectivity index (χ1) is 9.31. The highest BCUT2D eigenvalue weighted by atomic mass is 35.5. The van der Waals surface area contributed by atoms with Gasteiger partial charge in [-0.05, 0) is 30.3 Å². The van der Waals surface area contributed by atoms with Gasteiger partial charge in [-0.25, -0.2) is 12.8 Å². The van der Waals surface area contributed by atoms with Crippen molar-refractivity contribution < 1.29 is 12.8 Å². The molecular weight excluding hydrogens is 348 g/mol. The summed E-state index contributed by atoms with van der Waals surface area (Å²) in [6, 6.07) is 7.94. The largest absolute Gasteiger partial charge is 0.277 e. The van der Waals surface area contributed by atoms with E-state index in [9.17, 15) is 12.8 Å². The summed E-state index contributed by atoms with van der Waals surface area (Å²) in [5.41, 5.74) is -0.270. The van der Waals surface area contributed by atoms with E-state index in [1.54, 1.807) is 0 Å². The van der Waals surface area contributed by atoms with Crippen LogP contribution in [0.1, 0.15) is 0 Å². The van der Waals surface area contributed by atoms with E-state index in [4.69, 9.17) is 34.8 Å². The summed E-state index contributed by atoms with van der Waals surface area (Å²) < 4.78 is 40.1. The van der Waals surface area contributed by atoms with E-state index >= 15 is 0 Å². The Morgan fingerprint density at radius 2 is 1.70 bits per heavy atom. The van der Waals surface area contributed by atoms with Crippen molar-refractivity contribution >= 4 is 50.5 Å². The lowest BCUT2D eigenvalue weighted by Gasteiger charge is -2.11. The first-order valence-corrected chi connectivity index (χ1v) is 7.85. The maximum atomic E-state index is 13.7. The van der Waals surface area contributed by atoms with Crippen molar-refractivity contribution in [2.24, 2.45) is 0 Å². The number of hydrogen-bond donors (Lipinski definition) is 1. The van der Waals surface area contributed by atoms with Gasteiger partial charge in [0.1, 0.15) is 4.90 Å². The van der Waals surface area contributed by atoms with Crippen LogP contribution in [0.2, 0.25) is 15.1 Å². The normalized spacial score (nSPS) is 11.4. The van der Waals surface area contributed by atoms with Gasteiger partial charge >= 0.3 is 0 Å². The maximum absolute atomic E-state index is 13.7. The van der Waals surface area contributed by atoms with E-state index in [1.165, 1.54) is 36.4 Å². The zero-order chi connectivity index (χ0) is 14.9. The summed E-state index contributed by atoms with van der Waals surface area (Å²) >= 11 is 17.1. The minimum absolute atomic E-state index is 0.0238. The molecule has 0 spiro atoms. The molecule has 8 heteroatoms. The number of anilines is 1. The molecule has 0 aliphatic rings. The molecule has 0 amide bonds. The molecule has 106 valence electrons. The van der Waals surface area contributed by atoms with Crippen LogP contribution in [0, 0.1) is 5.82 Å². The molecule has 0 aliphatic carbocycles. The SMILES string of the molecule is O=S(=O)(Nc1cccc(Cl)c1F)c1cc(Cl)ccc1Cl. The molecule has 0 fully saturated rings. The predicted octanol–water partition coefficient (Wildman–Crippen LogP) is 4.59. The van der Waals surface area contributed by atoms with E-state index < -0.39 is 15.8 Å². The van der Waals surface area contributed by atoms with Gasteiger partial charge in [0, 0.05) is 5.02 Å². The summed E-state index contributed by atoms with van der Waals surface area (Å²) in [4.78, 5) is -0.244. The minimum atomic E-state index is -4.07. The quantitative estimate of drug-likeness (QED) is 0.876. The third-order valence-corrected chi connectivity index (χ3v) is 4.75. The molecule has 0 radical (unpaired) electrons. The summed E-state index contributed by atoms with van der Waals surface area (Å²) in [5.74, 6) is -0.865. The van der Waals surface area contributed by atoms with Crippen molar-refractivity contribution in [2.45, 2.75) is 4.90 Å². The van der Waals surface area contributed by atoms with E-state index in [-0.39, 0.29) is 25.7 Å². The third kappa shape index (κ3) is 3.17. The molecule has 0 heterocycles. The molecule has 3 nitrogen and oxygen atoms in total. The van der Waals surface area contributed by atoms with Crippen molar-refractivity contribution in [2.75, 3.05) is 4.72 Å². The van der Waals surface area contributed by atoms with E-state index in [1.807, 2.05) is 0 Å². The Labute approximate surface area is 130 Å². The van der Waals surface area contributed by atoms with Gasteiger partial charge in [0.15, 0.2) is 5.82 Å². The molecule has 2 aromatic carbocycles. The second-order valence-corrected chi connectivity index (χ2v) is 6.68. The van der Waals surface area contributed by atoms with E-state index in [0.29, 0.717) is 0 Å². The highest BCUT2D eigenvalue weighted by Crippen LogP contribution is 2.29. The van der Waals surface area contributed by atoms with Gasteiger partial charge in [0.25, 0.3) is 10.0 Å². The van der Waals surface area contributed by atoms with Crippen LogP contribution >= 0.6 is 34.8 Å².